The fourth-order valence-corrected chi connectivity index (χ4v) is 2.95. The monoisotopic (exact) mass is 333 g/mol. The van der Waals surface area contributed by atoms with Crippen LogP contribution in [0.3, 0.4) is 0 Å². The summed E-state index contributed by atoms with van der Waals surface area (Å²) < 4.78 is 10.6. The van der Waals surface area contributed by atoms with Gasteiger partial charge in [-0.2, -0.15) is 0 Å². The van der Waals surface area contributed by atoms with Gasteiger partial charge in [0, 0.05) is 24.9 Å². The second-order valence-electron chi connectivity index (χ2n) is 5.23. The van der Waals surface area contributed by atoms with Crippen molar-refractivity contribution < 1.29 is 14.3 Å². The number of ether oxygens (including phenoxy) is 2. The molecule has 3 rings (SSSR count). The molecule has 1 aromatic heterocycles. The predicted molar refractivity (Wildman–Crippen MR) is 88.2 cm³/mol. The van der Waals surface area contributed by atoms with E-state index in [0.717, 1.165) is 40.6 Å². The first kappa shape index (κ1) is 15.6. The number of hydrogen-bond acceptors (Lipinski definition) is 5. The highest BCUT2D eigenvalue weighted by atomic mass is 32.1. The smallest absolute Gasteiger partial charge is 0.314 e. The average molecular weight is 333 g/mol. The van der Waals surface area contributed by atoms with Crippen LogP contribution in [0.1, 0.15) is 16.3 Å². The third-order valence-electron chi connectivity index (χ3n) is 3.47. The van der Waals surface area contributed by atoms with Crippen molar-refractivity contribution in [2.45, 2.75) is 19.8 Å². The van der Waals surface area contributed by atoms with Crippen LogP contribution in [-0.2, 0) is 12.8 Å². The Kier molecular flexibility index (Phi) is 4.97. The zero-order chi connectivity index (χ0) is 16.1. The number of aromatic nitrogens is 1. The van der Waals surface area contributed by atoms with E-state index < -0.39 is 0 Å². The van der Waals surface area contributed by atoms with Gasteiger partial charge in [0.15, 0.2) is 11.5 Å². The molecular weight excluding hydrogens is 314 g/mol. The molecule has 0 bridgehead atoms. The number of hydrogen-bond donors (Lipinski definition) is 2. The third kappa shape index (κ3) is 4.35. The molecule has 7 heteroatoms. The fraction of sp³-hybridized carbons (Fsp3) is 0.375. The quantitative estimate of drug-likeness (QED) is 0.850. The molecule has 0 unspecified atom stereocenters. The molecular formula is C16H19N3O3S. The Morgan fingerprint density at radius 1 is 1.22 bits per heavy atom. The van der Waals surface area contributed by atoms with Gasteiger partial charge in [-0.15, -0.1) is 11.3 Å². The van der Waals surface area contributed by atoms with Gasteiger partial charge in [-0.3, -0.25) is 0 Å². The van der Waals surface area contributed by atoms with Crippen LogP contribution in [0, 0.1) is 6.92 Å². The Hall–Kier alpha value is -2.28. The Morgan fingerprint density at radius 3 is 2.78 bits per heavy atom. The number of urea groups is 1. The van der Waals surface area contributed by atoms with E-state index in [1.165, 1.54) is 0 Å². The fourth-order valence-electron chi connectivity index (χ4n) is 2.31. The van der Waals surface area contributed by atoms with Crippen molar-refractivity contribution >= 4 is 17.4 Å². The molecule has 0 saturated heterocycles. The summed E-state index contributed by atoms with van der Waals surface area (Å²) in [6.07, 6.45) is 1.50. The van der Waals surface area contributed by atoms with Crippen LogP contribution >= 0.6 is 11.3 Å². The van der Waals surface area contributed by atoms with Crippen LogP contribution in [0.4, 0.5) is 4.79 Å². The Balaban J connectivity index is 1.34. The number of aryl methyl sites for hydroxylation is 1. The lowest BCUT2D eigenvalue weighted by Crippen LogP contribution is -2.37. The molecule has 0 atom stereocenters. The highest BCUT2D eigenvalue weighted by molar-refractivity contribution is 7.09. The standard InChI is InChI=1S/C16H19N3O3S/c1-11-19-13(9-23-11)5-7-18-16(20)17-6-4-12-2-3-14-15(8-12)22-10-21-14/h2-3,8-9H,4-7,10H2,1H3,(H2,17,18,20). The van der Waals surface area contributed by atoms with E-state index in [1.807, 2.05) is 30.5 Å². The van der Waals surface area contributed by atoms with Crippen molar-refractivity contribution in [1.29, 1.82) is 0 Å². The minimum atomic E-state index is -0.155. The minimum absolute atomic E-state index is 0.155. The largest absolute Gasteiger partial charge is 0.454 e. The number of fused-ring (bicyclic) bond motifs is 1. The second-order valence-corrected chi connectivity index (χ2v) is 6.29. The SMILES string of the molecule is Cc1nc(CCNC(=O)NCCc2ccc3c(c2)OCO3)cs1. The van der Waals surface area contributed by atoms with Crippen molar-refractivity contribution in [3.63, 3.8) is 0 Å². The summed E-state index contributed by atoms with van der Waals surface area (Å²) >= 11 is 1.62. The Bertz CT molecular complexity index is 687. The molecule has 1 aliphatic rings. The lowest BCUT2D eigenvalue weighted by molar-refractivity contribution is 0.174. The molecule has 2 amide bonds. The maximum Gasteiger partial charge on any atom is 0.314 e. The van der Waals surface area contributed by atoms with E-state index >= 15 is 0 Å². The summed E-state index contributed by atoms with van der Waals surface area (Å²) in [4.78, 5) is 16.1. The number of amides is 2. The van der Waals surface area contributed by atoms with Crippen LogP contribution in [0.2, 0.25) is 0 Å². The summed E-state index contributed by atoms with van der Waals surface area (Å²) in [6, 6.07) is 5.68. The predicted octanol–water partition coefficient (Wildman–Crippen LogP) is 2.26. The number of carbonyl (C=O) groups is 1. The molecule has 0 radical (unpaired) electrons. The first-order valence-electron chi connectivity index (χ1n) is 7.52. The molecule has 0 aliphatic carbocycles. The molecule has 122 valence electrons. The van der Waals surface area contributed by atoms with Crippen LogP contribution in [0.25, 0.3) is 0 Å². The average Bonchev–Trinajstić information content (AvgIpc) is 3.15. The van der Waals surface area contributed by atoms with Gasteiger partial charge in [-0.05, 0) is 31.0 Å². The summed E-state index contributed by atoms with van der Waals surface area (Å²) in [5.74, 6) is 1.54. The van der Waals surface area contributed by atoms with Gasteiger partial charge in [0.1, 0.15) is 0 Å². The van der Waals surface area contributed by atoms with Crippen molar-refractivity contribution in [2.24, 2.45) is 0 Å². The van der Waals surface area contributed by atoms with Gasteiger partial charge in [-0.1, -0.05) is 6.07 Å². The summed E-state index contributed by atoms with van der Waals surface area (Å²) in [6.45, 7) is 3.41. The van der Waals surface area contributed by atoms with Crippen LogP contribution < -0.4 is 20.1 Å². The molecule has 6 nitrogen and oxygen atoms in total. The normalized spacial score (nSPS) is 12.2. The van der Waals surface area contributed by atoms with Crippen molar-refractivity contribution in [1.82, 2.24) is 15.6 Å². The van der Waals surface area contributed by atoms with E-state index in [1.54, 1.807) is 11.3 Å². The maximum atomic E-state index is 11.7. The summed E-state index contributed by atoms with van der Waals surface area (Å²) in [5.41, 5.74) is 2.13. The first-order valence-corrected chi connectivity index (χ1v) is 8.40. The van der Waals surface area contributed by atoms with Crippen LogP contribution in [-0.4, -0.2) is 30.9 Å². The number of thiazole rings is 1. The third-order valence-corrected chi connectivity index (χ3v) is 4.29. The van der Waals surface area contributed by atoms with E-state index in [0.29, 0.717) is 13.1 Å². The van der Waals surface area contributed by atoms with Gasteiger partial charge in [0.2, 0.25) is 6.79 Å². The molecule has 1 aromatic carbocycles. The highest BCUT2D eigenvalue weighted by Crippen LogP contribution is 2.32. The first-order chi connectivity index (χ1) is 11.2. The van der Waals surface area contributed by atoms with E-state index in [-0.39, 0.29) is 12.8 Å². The van der Waals surface area contributed by atoms with Crippen LogP contribution in [0.5, 0.6) is 11.5 Å². The number of carbonyl (C=O) groups excluding carboxylic acids is 1. The zero-order valence-corrected chi connectivity index (χ0v) is 13.7. The second kappa shape index (κ2) is 7.32. The van der Waals surface area contributed by atoms with E-state index in [4.69, 9.17) is 9.47 Å². The van der Waals surface area contributed by atoms with Crippen molar-refractivity contribution in [3.05, 3.63) is 39.8 Å². The number of nitrogens with zero attached hydrogens (tertiary/aromatic N) is 1. The Labute approximate surface area is 138 Å². The van der Waals surface area contributed by atoms with E-state index in [9.17, 15) is 4.79 Å². The van der Waals surface area contributed by atoms with Gasteiger partial charge in [0.25, 0.3) is 0 Å². The van der Waals surface area contributed by atoms with Gasteiger partial charge in [0.05, 0.1) is 10.7 Å². The zero-order valence-electron chi connectivity index (χ0n) is 12.9. The van der Waals surface area contributed by atoms with E-state index in [2.05, 4.69) is 15.6 Å². The van der Waals surface area contributed by atoms with Gasteiger partial charge >= 0.3 is 6.03 Å². The minimum Gasteiger partial charge on any atom is -0.454 e. The molecule has 2 heterocycles. The van der Waals surface area contributed by atoms with Crippen molar-refractivity contribution in [2.75, 3.05) is 19.9 Å². The van der Waals surface area contributed by atoms with Crippen LogP contribution in [0.15, 0.2) is 23.6 Å². The Morgan fingerprint density at radius 2 is 2.00 bits per heavy atom. The molecule has 1 aliphatic heterocycles. The lowest BCUT2D eigenvalue weighted by Gasteiger charge is -2.07. The van der Waals surface area contributed by atoms with Crippen molar-refractivity contribution in [3.8, 4) is 11.5 Å². The summed E-state index contributed by atoms with van der Waals surface area (Å²) in [5, 5.41) is 8.76. The van der Waals surface area contributed by atoms with Gasteiger partial charge in [-0.25, -0.2) is 9.78 Å². The van der Waals surface area contributed by atoms with Gasteiger partial charge < -0.3 is 20.1 Å². The maximum absolute atomic E-state index is 11.7. The lowest BCUT2D eigenvalue weighted by atomic mass is 10.1. The molecule has 0 spiro atoms. The number of nitrogens with one attached hydrogen (secondary N) is 2. The molecule has 2 aromatic rings. The summed E-state index contributed by atoms with van der Waals surface area (Å²) in [7, 11) is 0. The molecule has 0 fully saturated rings. The number of rotatable bonds is 6. The number of benzene rings is 1. The molecule has 23 heavy (non-hydrogen) atoms. The highest BCUT2D eigenvalue weighted by Gasteiger charge is 2.13. The topological polar surface area (TPSA) is 72.5 Å². The molecule has 0 saturated carbocycles. The molecule has 2 N–H and O–H groups in total.